The molecular weight excluding hydrogens is 284 g/mol. The Hall–Kier alpha value is -2.28. The van der Waals surface area contributed by atoms with Crippen LogP contribution in [0.25, 0.3) is 11.4 Å². The number of rotatable bonds is 9. The van der Waals surface area contributed by atoms with Gasteiger partial charge in [-0.1, -0.05) is 5.16 Å². The molecule has 0 spiro atoms. The van der Waals surface area contributed by atoms with Crippen molar-refractivity contribution in [3.8, 4) is 11.4 Å². The second-order valence-electron chi connectivity index (χ2n) is 4.65. The Kier molecular flexibility index (Phi) is 6.50. The number of nitrogens with zero attached hydrogens (tertiary/aromatic N) is 3. The highest BCUT2D eigenvalue weighted by Gasteiger charge is 2.10. The quantitative estimate of drug-likeness (QED) is 0.708. The highest BCUT2D eigenvalue weighted by molar-refractivity contribution is 5.75. The monoisotopic (exact) mass is 304 g/mol. The molecule has 0 unspecified atom stereocenters. The van der Waals surface area contributed by atoms with Crippen LogP contribution in [-0.2, 0) is 16.0 Å². The maximum absolute atomic E-state index is 11.7. The van der Waals surface area contributed by atoms with Gasteiger partial charge in [-0.15, -0.1) is 0 Å². The molecular formula is C15H20N4O3. The molecule has 0 fully saturated rings. The minimum Gasteiger partial charge on any atom is -0.382 e. The number of amides is 1. The number of carbonyl (C=O) groups excluding carboxylic acids is 1. The number of aryl methyl sites for hydroxylation is 1. The molecule has 7 heteroatoms. The number of ether oxygens (including phenoxy) is 1. The molecule has 0 aromatic carbocycles. The van der Waals surface area contributed by atoms with Crippen LogP contribution in [0.3, 0.4) is 0 Å². The van der Waals surface area contributed by atoms with E-state index in [0.717, 1.165) is 12.0 Å². The summed E-state index contributed by atoms with van der Waals surface area (Å²) in [5.74, 6) is 0.936. The summed E-state index contributed by atoms with van der Waals surface area (Å²) in [5.41, 5.74) is 0.838. The standard InChI is InChI=1S/C15H20N4O3/c1-2-21-11-3-8-17-13(20)4-5-14-18-15(19-22-14)12-6-9-16-10-7-12/h6-7,9-10H,2-5,8,11H2,1H3,(H,17,20). The second kappa shape index (κ2) is 8.89. The highest BCUT2D eigenvalue weighted by Crippen LogP contribution is 2.14. The third kappa shape index (κ3) is 5.25. The molecule has 118 valence electrons. The summed E-state index contributed by atoms with van der Waals surface area (Å²) in [5, 5.41) is 6.73. The van der Waals surface area contributed by atoms with Crippen molar-refractivity contribution in [1.29, 1.82) is 0 Å². The number of aromatic nitrogens is 3. The molecule has 2 rings (SSSR count). The molecule has 0 atom stereocenters. The molecule has 7 nitrogen and oxygen atoms in total. The molecule has 2 aromatic heterocycles. The third-order valence-electron chi connectivity index (χ3n) is 2.96. The first kappa shape index (κ1) is 16.1. The molecule has 0 radical (unpaired) electrons. The predicted molar refractivity (Wildman–Crippen MR) is 80.0 cm³/mol. The average Bonchev–Trinajstić information content (AvgIpc) is 3.02. The number of hydrogen-bond acceptors (Lipinski definition) is 6. The Morgan fingerprint density at radius 3 is 2.95 bits per heavy atom. The lowest BCUT2D eigenvalue weighted by atomic mass is 10.2. The molecule has 2 aromatic rings. The highest BCUT2D eigenvalue weighted by atomic mass is 16.5. The van der Waals surface area contributed by atoms with E-state index in [0.29, 0.717) is 44.3 Å². The van der Waals surface area contributed by atoms with Gasteiger partial charge in [0, 0.05) is 50.6 Å². The van der Waals surface area contributed by atoms with Crippen molar-refractivity contribution >= 4 is 5.91 Å². The normalized spacial score (nSPS) is 10.6. The Morgan fingerprint density at radius 1 is 1.36 bits per heavy atom. The van der Waals surface area contributed by atoms with Gasteiger partial charge in [-0.25, -0.2) is 0 Å². The Morgan fingerprint density at radius 2 is 2.18 bits per heavy atom. The number of hydrogen-bond donors (Lipinski definition) is 1. The zero-order valence-corrected chi connectivity index (χ0v) is 12.6. The van der Waals surface area contributed by atoms with Crippen molar-refractivity contribution in [2.45, 2.75) is 26.2 Å². The van der Waals surface area contributed by atoms with Crippen molar-refractivity contribution in [2.75, 3.05) is 19.8 Å². The fraction of sp³-hybridized carbons (Fsp3) is 0.467. The summed E-state index contributed by atoms with van der Waals surface area (Å²) in [6.45, 7) is 3.93. The molecule has 0 saturated heterocycles. The molecule has 0 saturated carbocycles. The average molecular weight is 304 g/mol. The van der Waals surface area contributed by atoms with E-state index in [1.807, 2.05) is 6.92 Å². The van der Waals surface area contributed by atoms with Crippen LogP contribution in [0.1, 0.15) is 25.7 Å². The Bertz CT molecular complexity index is 571. The molecule has 1 N–H and O–H groups in total. The fourth-order valence-electron chi connectivity index (χ4n) is 1.83. The minimum atomic E-state index is -0.0276. The van der Waals surface area contributed by atoms with Crippen molar-refractivity contribution in [3.63, 3.8) is 0 Å². The molecule has 22 heavy (non-hydrogen) atoms. The van der Waals surface area contributed by atoms with Crippen LogP contribution in [-0.4, -0.2) is 40.8 Å². The van der Waals surface area contributed by atoms with Gasteiger partial charge in [0.05, 0.1) is 0 Å². The third-order valence-corrected chi connectivity index (χ3v) is 2.96. The van der Waals surface area contributed by atoms with Gasteiger partial charge in [0.25, 0.3) is 0 Å². The first-order chi connectivity index (χ1) is 10.8. The molecule has 0 aliphatic heterocycles. The van der Waals surface area contributed by atoms with Crippen molar-refractivity contribution in [3.05, 3.63) is 30.4 Å². The lowest BCUT2D eigenvalue weighted by molar-refractivity contribution is -0.121. The first-order valence-electron chi connectivity index (χ1n) is 7.37. The SMILES string of the molecule is CCOCCCNC(=O)CCc1nc(-c2ccncc2)no1. The van der Waals surface area contributed by atoms with E-state index in [2.05, 4.69) is 20.4 Å². The first-order valence-corrected chi connectivity index (χ1v) is 7.37. The van der Waals surface area contributed by atoms with E-state index >= 15 is 0 Å². The summed E-state index contributed by atoms with van der Waals surface area (Å²) in [4.78, 5) is 19.9. The van der Waals surface area contributed by atoms with Gasteiger partial charge in [-0.05, 0) is 25.5 Å². The van der Waals surface area contributed by atoms with Gasteiger partial charge in [0.15, 0.2) is 0 Å². The van der Waals surface area contributed by atoms with Gasteiger partial charge in [0.2, 0.25) is 17.6 Å². The van der Waals surface area contributed by atoms with Crippen LogP contribution in [0.15, 0.2) is 29.0 Å². The van der Waals surface area contributed by atoms with Gasteiger partial charge < -0.3 is 14.6 Å². The number of pyridine rings is 1. The molecule has 0 aliphatic rings. The second-order valence-corrected chi connectivity index (χ2v) is 4.65. The fourth-order valence-corrected chi connectivity index (χ4v) is 1.83. The van der Waals surface area contributed by atoms with Crippen LogP contribution < -0.4 is 5.32 Å². The zero-order chi connectivity index (χ0) is 15.6. The smallest absolute Gasteiger partial charge is 0.227 e. The van der Waals surface area contributed by atoms with Gasteiger partial charge in [0.1, 0.15) is 0 Å². The van der Waals surface area contributed by atoms with Crippen LogP contribution in [0.2, 0.25) is 0 Å². The summed E-state index contributed by atoms with van der Waals surface area (Å²) >= 11 is 0. The van der Waals surface area contributed by atoms with Crippen molar-refractivity contribution < 1.29 is 14.1 Å². The van der Waals surface area contributed by atoms with E-state index < -0.39 is 0 Å². The van der Waals surface area contributed by atoms with E-state index in [9.17, 15) is 4.79 Å². The van der Waals surface area contributed by atoms with Crippen molar-refractivity contribution in [1.82, 2.24) is 20.4 Å². The van der Waals surface area contributed by atoms with Crippen LogP contribution in [0.4, 0.5) is 0 Å². The van der Waals surface area contributed by atoms with E-state index in [1.165, 1.54) is 0 Å². The van der Waals surface area contributed by atoms with Crippen LogP contribution in [0, 0.1) is 0 Å². The maximum atomic E-state index is 11.7. The summed E-state index contributed by atoms with van der Waals surface area (Å²) in [6.07, 6.45) is 4.90. The van der Waals surface area contributed by atoms with Crippen LogP contribution >= 0.6 is 0 Å². The van der Waals surface area contributed by atoms with Gasteiger partial charge in [-0.2, -0.15) is 4.98 Å². The molecule has 2 heterocycles. The van der Waals surface area contributed by atoms with E-state index in [4.69, 9.17) is 9.26 Å². The van der Waals surface area contributed by atoms with Crippen LogP contribution in [0.5, 0.6) is 0 Å². The number of carbonyl (C=O) groups is 1. The summed E-state index contributed by atoms with van der Waals surface area (Å²) in [6, 6.07) is 3.61. The minimum absolute atomic E-state index is 0.0276. The Balaban J connectivity index is 1.71. The van der Waals surface area contributed by atoms with E-state index in [1.54, 1.807) is 24.5 Å². The zero-order valence-electron chi connectivity index (χ0n) is 12.6. The molecule has 0 bridgehead atoms. The van der Waals surface area contributed by atoms with Gasteiger partial charge >= 0.3 is 0 Å². The van der Waals surface area contributed by atoms with E-state index in [-0.39, 0.29) is 5.91 Å². The lowest BCUT2D eigenvalue weighted by Crippen LogP contribution is -2.25. The predicted octanol–water partition coefficient (Wildman–Crippen LogP) is 1.61. The Labute approximate surface area is 129 Å². The number of nitrogens with one attached hydrogen (secondary N) is 1. The summed E-state index contributed by atoms with van der Waals surface area (Å²) < 4.78 is 10.3. The topological polar surface area (TPSA) is 90.1 Å². The van der Waals surface area contributed by atoms with Crippen molar-refractivity contribution in [2.24, 2.45) is 0 Å². The summed E-state index contributed by atoms with van der Waals surface area (Å²) in [7, 11) is 0. The molecule has 1 amide bonds. The maximum Gasteiger partial charge on any atom is 0.227 e. The lowest BCUT2D eigenvalue weighted by Gasteiger charge is -2.04. The largest absolute Gasteiger partial charge is 0.382 e. The molecule has 0 aliphatic carbocycles. The van der Waals surface area contributed by atoms with Gasteiger partial charge in [-0.3, -0.25) is 9.78 Å².